The molecule has 1 amide bonds. The van der Waals surface area contributed by atoms with Gasteiger partial charge in [-0.15, -0.1) is 0 Å². The molecule has 2 rings (SSSR count). The number of nitrogens with one attached hydrogen (secondary N) is 1. The molecule has 1 aromatic carbocycles. The molecule has 0 spiro atoms. The van der Waals surface area contributed by atoms with E-state index in [0.29, 0.717) is 5.16 Å². The maximum atomic E-state index is 12.5. The molecular weight excluding hydrogens is 324 g/mol. The van der Waals surface area contributed by atoms with Crippen molar-refractivity contribution in [2.75, 3.05) is 11.5 Å². The number of amides is 1. The van der Waals surface area contributed by atoms with Crippen LogP contribution < -0.4 is 16.8 Å². The van der Waals surface area contributed by atoms with E-state index >= 15 is 0 Å². The highest BCUT2D eigenvalue weighted by atomic mass is 32.2. The summed E-state index contributed by atoms with van der Waals surface area (Å²) in [6.07, 6.45) is 1.85. The summed E-state index contributed by atoms with van der Waals surface area (Å²) in [5.41, 5.74) is 12.2. The summed E-state index contributed by atoms with van der Waals surface area (Å²) < 4.78 is 0. The number of carbonyl (C=O) groups excluding carboxylic acids is 1. The van der Waals surface area contributed by atoms with E-state index in [-0.39, 0.29) is 29.1 Å². The van der Waals surface area contributed by atoms with E-state index in [2.05, 4.69) is 27.2 Å². The highest BCUT2D eigenvalue weighted by Gasteiger charge is 2.20. The van der Waals surface area contributed by atoms with Crippen molar-refractivity contribution in [3.8, 4) is 0 Å². The van der Waals surface area contributed by atoms with Gasteiger partial charge in [0.2, 0.25) is 17.8 Å². The first-order valence-corrected chi connectivity index (χ1v) is 8.66. The first-order chi connectivity index (χ1) is 11.5. The largest absolute Gasteiger partial charge is 0.368 e. The lowest BCUT2D eigenvalue weighted by Gasteiger charge is -2.20. The van der Waals surface area contributed by atoms with Crippen molar-refractivity contribution in [2.45, 2.75) is 43.1 Å². The van der Waals surface area contributed by atoms with Gasteiger partial charge in [0, 0.05) is 0 Å². The molecule has 0 aliphatic rings. The first kappa shape index (κ1) is 18.0. The van der Waals surface area contributed by atoms with Crippen LogP contribution in [0.5, 0.6) is 0 Å². The number of thioether (sulfide) groups is 1. The van der Waals surface area contributed by atoms with E-state index in [1.165, 1.54) is 11.8 Å². The molecule has 2 atom stereocenters. The molecule has 1 aromatic heterocycles. The van der Waals surface area contributed by atoms with Gasteiger partial charge in [-0.3, -0.25) is 4.79 Å². The molecule has 1 heterocycles. The fourth-order valence-corrected chi connectivity index (χ4v) is 3.02. The maximum absolute atomic E-state index is 12.5. The van der Waals surface area contributed by atoms with Crippen molar-refractivity contribution in [1.29, 1.82) is 0 Å². The summed E-state index contributed by atoms with van der Waals surface area (Å²) in [5.74, 6) is 0.0105. The zero-order valence-corrected chi connectivity index (χ0v) is 14.6. The molecule has 5 N–H and O–H groups in total. The monoisotopic (exact) mass is 346 g/mol. The van der Waals surface area contributed by atoms with E-state index in [4.69, 9.17) is 11.5 Å². The van der Waals surface area contributed by atoms with Crippen LogP contribution in [0.3, 0.4) is 0 Å². The van der Waals surface area contributed by atoms with Crippen molar-refractivity contribution in [2.24, 2.45) is 0 Å². The van der Waals surface area contributed by atoms with Gasteiger partial charge in [-0.1, -0.05) is 55.4 Å². The smallest absolute Gasteiger partial charge is 0.233 e. The number of nitrogen functional groups attached to an aromatic ring is 2. The topological polar surface area (TPSA) is 120 Å². The van der Waals surface area contributed by atoms with Crippen molar-refractivity contribution in [1.82, 2.24) is 20.3 Å². The molecular formula is C16H22N6OS. The molecule has 128 valence electrons. The Bertz CT molecular complexity index is 661. The Labute approximate surface area is 145 Å². The Hall–Kier alpha value is -2.35. The molecule has 2 aromatic rings. The van der Waals surface area contributed by atoms with Crippen LogP contribution in [-0.2, 0) is 4.79 Å². The van der Waals surface area contributed by atoms with Crippen LogP contribution in [0.2, 0.25) is 0 Å². The normalized spacial score (nSPS) is 13.2. The molecule has 0 fully saturated rings. The molecule has 0 saturated carbocycles. The van der Waals surface area contributed by atoms with Gasteiger partial charge in [0.05, 0.1) is 11.3 Å². The van der Waals surface area contributed by atoms with Crippen LogP contribution in [0.1, 0.15) is 38.3 Å². The van der Waals surface area contributed by atoms with Crippen molar-refractivity contribution in [3.05, 3.63) is 35.9 Å². The lowest BCUT2D eigenvalue weighted by Crippen LogP contribution is -2.34. The summed E-state index contributed by atoms with van der Waals surface area (Å²) >= 11 is 1.20. The highest BCUT2D eigenvalue weighted by Crippen LogP contribution is 2.23. The maximum Gasteiger partial charge on any atom is 0.233 e. The third kappa shape index (κ3) is 5.09. The minimum absolute atomic E-state index is 0.0137. The fraction of sp³-hybridized carbons (Fsp3) is 0.375. The fourth-order valence-electron chi connectivity index (χ4n) is 2.24. The zero-order valence-electron chi connectivity index (χ0n) is 13.8. The Morgan fingerprint density at radius 3 is 2.38 bits per heavy atom. The second kappa shape index (κ2) is 8.49. The van der Waals surface area contributed by atoms with Crippen LogP contribution in [0.25, 0.3) is 0 Å². The molecule has 8 heteroatoms. The third-order valence-corrected chi connectivity index (χ3v) is 4.36. The minimum atomic E-state index is -0.380. The van der Waals surface area contributed by atoms with Crippen LogP contribution in [0, 0.1) is 0 Å². The lowest BCUT2D eigenvalue weighted by atomic mass is 10.0. The van der Waals surface area contributed by atoms with Crippen LogP contribution >= 0.6 is 11.8 Å². The highest BCUT2D eigenvalue weighted by molar-refractivity contribution is 8.00. The van der Waals surface area contributed by atoms with Crippen molar-refractivity contribution in [3.63, 3.8) is 0 Å². The quantitative estimate of drug-likeness (QED) is 0.657. The van der Waals surface area contributed by atoms with E-state index in [1.54, 1.807) is 6.92 Å². The lowest BCUT2D eigenvalue weighted by molar-refractivity contribution is -0.121. The van der Waals surface area contributed by atoms with E-state index in [0.717, 1.165) is 18.4 Å². The number of hydrogen-bond acceptors (Lipinski definition) is 7. The minimum Gasteiger partial charge on any atom is -0.368 e. The SMILES string of the molecule is CCC[C@H](NC(=O)[C@@H](C)Sc1nc(N)nc(N)n1)c1ccccc1. The standard InChI is InChI=1S/C16H22N6OS/c1-3-7-12(11-8-5-4-6-9-11)19-13(23)10(2)24-16-21-14(17)20-15(18)22-16/h4-6,8-10,12H,3,7H2,1-2H3,(H,19,23)(H4,17,18,20,21,22)/t10-,12+/m1/s1. The van der Waals surface area contributed by atoms with Gasteiger partial charge in [-0.2, -0.15) is 15.0 Å². The predicted molar refractivity (Wildman–Crippen MR) is 96.2 cm³/mol. The van der Waals surface area contributed by atoms with E-state index in [1.807, 2.05) is 30.3 Å². The van der Waals surface area contributed by atoms with Crippen molar-refractivity contribution >= 4 is 29.6 Å². The van der Waals surface area contributed by atoms with Crippen LogP contribution in [0.15, 0.2) is 35.5 Å². The second-order valence-corrected chi connectivity index (χ2v) is 6.66. The van der Waals surface area contributed by atoms with Crippen molar-refractivity contribution < 1.29 is 4.79 Å². The van der Waals surface area contributed by atoms with Gasteiger partial charge in [-0.05, 0) is 18.9 Å². The number of aromatic nitrogens is 3. The predicted octanol–water partition coefficient (Wildman–Crippen LogP) is 2.17. The van der Waals surface area contributed by atoms with Crippen LogP contribution in [0.4, 0.5) is 11.9 Å². The van der Waals surface area contributed by atoms with Gasteiger partial charge < -0.3 is 16.8 Å². The average molecular weight is 346 g/mol. The number of carbonyl (C=O) groups is 1. The number of benzene rings is 1. The van der Waals surface area contributed by atoms with Gasteiger partial charge >= 0.3 is 0 Å². The number of hydrogen-bond donors (Lipinski definition) is 3. The first-order valence-electron chi connectivity index (χ1n) is 7.78. The molecule has 0 unspecified atom stereocenters. The van der Waals surface area contributed by atoms with Gasteiger partial charge in [0.25, 0.3) is 0 Å². The molecule has 7 nitrogen and oxygen atoms in total. The summed E-state index contributed by atoms with van der Waals surface area (Å²) in [6, 6.07) is 9.93. The molecule has 0 radical (unpaired) electrons. The number of nitrogens with zero attached hydrogens (tertiary/aromatic N) is 3. The second-order valence-electron chi connectivity index (χ2n) is 5.35. The summed E-state index contributed by atoms with van der Waals surface area (Å²) in [5, 5.41) is 3.05. The Morgan fingerprint density at radius 1 is 1.17 bits per heavy atom. The average Bonchev–Trinajstić information content (AvgIpc) is 2.54. The molecule has 24 heavy (non-hydrogen) atoms. The third-order valence-electron chi connectivity index (χ3n) is 3.40. The molecule has 0 bridgehead atoms. The van der Waals surface area contributed by atoms with Gasteiger partial charge in [-0.25, -0.2) is 0 Å². The zero-order chi connectivity index (χ0) is 17.5. The Balaban J connectivity index is 2.03. The van der Waals surface area contributed by atoms with E-state index in [9.17, 15) is 4.79 Å². The molecule has 0 aliphatic heterocycles. The summed E-state index contributed by atoms with van der Waals surface area (Å²) in [7, 11) is 0. The summed E-state index contributed by atoms with van der Waals surface area (Å²) in [4.78, 5) is 24.2. The number of rotatable bonds is 7. The number of anilines is 2. The molecule has 0 saturated heterocycles. The Morgan fingerprint density at radius 2 is 1.79 bits per heavy atom. The number of nitrogens with two attached hydrogens (primary N) is 2. The van der Waals surface area contributed by atoms with Gasteiger partial charge in [0.15, 0.2) is 5.16 Å². The van der Waals surface area contributed by atoms with Gasteiger partial charge in [0.1, 0.15) is 0 Å². The van der Waals surface area contributed by atoms with E-state index < -0.39 is 0 Å². The summed E-state index contributed by atoms with van der Waals surface area (Å²) in [6.45, 7) is 3.89. The van der Waals surface area contributed by atoms with Crippen LogP contribution in [-0.4, -0.2) is 26.1 Å². The molecule has 0 aliphatic carbocycles. The Kier molecular flexibility index (Phi) is 6.36.